The molecule has 3 aromatic rings. The number of benzene rings is 3. The van der Waals surface area contributed by atoms with Gasteiger partial charge in [0.1, 0.15) is 17.2 Å². The molecule has 0 aliphatic heterocycles. The average molecular weight is 553 g/mol. The second kappa shape index (κ2) is 11.7. The maximum Gasteiger partial charge on any atom is 0.119 e. The van der Waals surface area contributed by atoms with Gasteiger partial charge in [-0.25, -0.2) is 0 Å². The minimum Gasteiger partial charge on any atom is -0.508 e. The molecule has 3 aliphatic carbocycles. The smallest absolute Gasteiger partial charge is 0.119 e. The van der Waals surface area contributed by atoms with Gasteiger partial charge in [-0.2, -0.15) is 0 Å². The molecule has 0 radical (unpaired) electrons. The number of hydrogen-bond acceptors (Lipinski definition) is 3. The summed E-state index contributed by atoms with van der Waals surface area (Å²) in [7, 11) is 0. The predicted molar refractivity (Wildman–Crippen MR) is 167 cm³/mol. The van der Waals surface area contributed by atoms with Gasteiger partial charge in [-0.3, -0.25) is 0 Å². The summed E-state index contributed by atoms with van der Waals surface area (Å²) < 4.78 is 0. The van der Waals surface area contributed by atoms with E-state index in [2.05, 4.69) is 38.1 Å². The molecule has 3 heteroatoms. The van der Waals surface area contributed by atoms with Crippen LogP contribution in [0.5, 0.6) is 17.2 Å². The Bertz CT molecular complexity index is 1280. The van der Waals surface area contributed by atoms with E-state index >= 15 is 0 Å². The van der Waals surface area contributed by atoms with Crippen LogP contribution in [-0.2, 0) is 5.41 Å². The Labute approximate surface area is 246 Å². The van der Waals surface area contributed by atoms with Crippen molar-refractivity contribution in [1.82, 2.24) is 0 Å². The van der Waals surface area contributed by atoms with Gasteiger partial charge in [-0.1, -0.05) is 62.8 Å². The third kappa shape index (κ3) is 5.49. The summed E-state index contributed by atoms with van der Waals surface area (Å²) in [6.07, 6.45) is 16.4. The van der Waals surface area contributed by atoms with Crippen LogP contribution in [0, 0.1) is 13.8 Å². The normalized spacial score (nSPS) is 20.7. The second-order valence-corrected chi connectivity index (χ2v) is 13.6. The van der Waals surface area contributed by atoms with Crippen molar-refractivity contribution >= 4 is 0 Å². The molecule has 0 atom stereocenters. The molecule has 0 saturated heterocycles. The first-order chi connectivity index (χ1) is 19.9. The molecular weight excluding hydrogens is 504 g/mol. The highest BCUT2D eigenvalue weighted by Gasteiger charge is 2.42. The first-order valence-corrected chi connectivity index (χ1v) is 16.3. The van der Waals surface area contributed by atoms with Crippen molar-refractivity contribution in [2.24, 2.45) is 0 Å². The van der Waals surface area contributed by atoms with Gasteiger partial charge in [0.2, 0.25) is 0 Å². The Morgan fingerprint density at radius 1 is 0.537 bits per heavy atom. The maximum atomic E-state index is 11.2. The third-order valence-electron chi connectivity index (χ3n) is 11.1. The highest BCUT2D eigenvalue weighted by atomic mass is 16.3. The molecule has 0 bridgehead atoms. The van der Waals surface area contributed by atoms with Crippen molar-refractivity contribution < 1.29 is 15.3 Å². The summed E-state index contributed by atoms with van der Waals surface area (Å²) in [5, 5.41) is 32.2. The van der Waals surface area contributed by atoms with E-state index in [4.69, 9.17) is 0 Å². The zero-order valence-corrected chi connectivity index (χ0v) is 25.1. The number of aromatic hydroxyl groups is 3. The lowest BCUT2D eigenvalue weighted by Gasteiger charge is -2.44. The molecule has 6 rings (SSSR count). The SMILES string of the molecule is Cc1cc(O)c(C2CCCCC2)cc1C1(c2cc(C3CCCCC3)c(O)cc2C)CCC(c2ccc(O)cc2)CC1. The van der Waals surface area contributed by atoms with Crippen LogP contribution in [0.1, 0.15) is 147 Å². The van der Waals surface area contributed by atoms with Crippen LogP contribution in [-0.4, -0.2) is 15.3 Å². The van der Waals surface area contributed by atoms with E-state index in [1.807, 2.05) is 24.3 Å². The minimum atomic E-state index is -0.157. The van der Waals surface area contributed by atoms with Gasteiger partial charge in [-0.15, -0.1) is 0 Å². The summed E-state index contributed by atoms with van der Waals surface area (Å²) in [6.45, 7) is 4.37. The Hall–Kier alpha value is -2.94. The molecule has 3 nitrogen and oxygen atoms in total. The first-order valence-electron chi connectivity index (χ1n) is 16.3. The Balaban J connectivity index is 1.46. The first kappa shape index (κ1) is 28.2. The molecule has 3 aromatic carbocycles. The van der Waals surface area contributed by atoms with Crippen LogP contribution < -0.4 is 0 Å². The molecule has 3 saturated carbocycles. The third-order valence-corrected chi connectivity index (χ3v) is 11.1. The summed E-state index contributed by atoms with van der Waals surface area (Å²) in [5.41, 5.74) is 8.56. The molecular formula is C38H48O3. The quantitative estimate of drug-likeness (QED) is 0.295. The molecule has 3 N–H and O–H groups in total. The van der Waals surface area contributed by atoms with Gasteiger partial charge in [0, 0.05) is 5.41 Å². The fraction of sp³-hybridized carbons (Fsp3) is 0.526. The Morgan fingerprint density at radius 3 is 1.41 bits per heavy atom. The molecule has 218 valence electrons. The number of rotatable bonds is 5. The fourth-order valence-corrected chi connectivity index (χ4v) is 8.81. The van der Waals surface area contributed by atoms with E-state index < -0.39 is 0 Å². The lowest BCUT2D eigenvalue weighted by molar-refractivity contribution is 0.310. The van der Waals surface area contributed by atoms with E-state index in [0.717, 1.165) is 62.5 Å². The van der Waals surface area contributed by atoms with E-state index in [1.165, 1.54) is 66.3 Å². The monoisotopic (exact) mass is 552 g/mol. The predicted octanol–water partition coefficient (Wildman–Crippen LogP) is 10.2. The molecule has 0 unspecified atom stereocenters. The Morgan fingerprint density at radius 2 is 0.976 bits per heavy atom. The maximum absolute atomic E-state index is 11.2. The zero-order chi connectivity index (χ0) is 28.6. The van der Waals surface area contributed by atoms with Crippen LogP contribution in [0.3, 0.4) is 0 Å². The molecule has 41 heavy (non-hydrogen) atoms. The van der Waals surface area contributed by atoms with E-state index in [-0.39, 0.29) is 5.41 Å². The van der Waals surface area contributed by atoms with Crippen molar-refractivity contribution in [1.29, 1.82) is 0 Å². The van der Waals surface area contributed by atoms with Crippen LogP contribution in [0.15, 0.2) is 48.5 Å². The number of aryl methyl sites for hydroxylation is 2. The highest BCUT2D eigenvalue weighted by Crippen LogP contribution is 2.53. The number of phenolic OH excluding ortho intramolecular Hbond substituents is 3. The summed E-state index contributed by atoms with van der Waals surface area (Å²) in [6, 6.07) is 16.7. The van der Waals surface area contributed by atoms with Crippen molar-refractivity contribution in [3.63, 3.8) is 0 Å². The van der Waals surface area contributed by atoms with Crippen molar-refractivity contribution in [3.8, 4) is 17.2 Å². The van der Waals surface area contributed by atoms with Crippen molar-refractivity contribution in [2.45, 2.75) is 127 Å². The second-order valence-electron chi connectivity index (χ2n) is 13.6. The minimum absolute atomic E-state index is 0.157. The van der Waals surface area contributed by atoms with Crippen LogP contribution in [0.4, 0.5) is 0 Å². The molecule has 0 amide bonds. The largest absolute Gasteiger partial charge is 0.508 e. The standard InChI is InChI=1S/C38H48O3/c1-25-21-36(40)32(29-9-5-3-6-10-29)23-34(25)38(19-17-28(18-20-38)27-13-15-31(39)16-14-27)35-24-33(37(41)22-26(35)2)30-11-7-4-8-12-30/h13-16,21-24,28-30,39-41H,3-12,17-20H2,1-2H3. The van der Waals surface area contributed by atoms with Crippen molar-refractivity contribution in [3.05, 3.63) is 87.5 Å². The molecule has 3 fully saturated rings. The van der Waals surface area contributed by atoms with E-state index in [0.29, 0.717) is 35.0 Å². The summed E-state index contributed by atoms with van der Waals surface area (Å²) >= 11 is 0. The van der Waals surface area contributed by atoms with E-state index in [9.17, 15) is 15.3 Å². The van der Waals surface area contributed by atoms with Gasteiger partial charge >= 0.3 is 0 Å². The topological polar surface area (TPSA) is 60.7 Å². The summed E-state index contributed by atoms with van der Waals surface area (Å²) in [4.78, 5) is 0. The lowest BCUT2D eigenvalue weighted by atomic mass is 9.60. The molecule has 3 aliphatic rings. The molecule has 0 aromatic heterocycles. The van der Waals surface area contributed by atoms with Gasteiger partial charge in [-0.05, 0) is 146 Å². The van der Waals surface area contributed by atoms with Gasteiger partial charge in [0.05, 0.1) is 0 Å². The Kier molecular flexibility index (Phi) is 8.07. The fourth-order valence-electron chi connectivity index (χ4n) is 8.81. The van der Waals surface area contributed by atoms with Gasteiger partial charge in [0.15, 0.2) is 0 Å². The van der Waals surface area contributed by atoms with Crippen LogP contribution in [0.25, 0.3) is 0 Å². The van der Waals surface area contributed by atoms with Crippen molar-refractivity contribution in [2.75, 3.05) is 0 Å². The number of hydrogen-bond donors (Lipinski definition) is 3. The van der Waals surface area contributed by atoms with Gasteiger partial charge in [0.25, 0.3) is 0 Å². The molecule has 0 spiro atoms. The van der Waals surface area contributed by atoms with Crippen LogP contribution in [0.2, 0.25) is 0 Å². The van der Waals surface area contributed by atoms with E-state index in [1.54, 1.807) is 0 Å². The lowest BCUT2D eigenvalue weighted by Crippen LogP contribution is -2.34. The number of phenols is 3. The average Bonchev–Trinajstić information content (AvgIpc) is 2.99. The van der Waals surface area contributed by atoms with Crippen LogP contribution >= 0.6 is 0 Å². The molecule has 0 heterocycles. The highest BCUT2D eigenvalue weighted by molar-refractivity contribution is 5.55. The summed E-state index contributed by atoms with van der Waals surface area (Å²) in [5.74, 6) is 2.60. The zero-order valence-electron chi connectivity index (χ0n) is 25.1. The van der Waals surface area contributed by atoms with Gasteiger partial charge < -0.3 is 15.3 Å².